The lowest BCUT2D eigenvalue weighted by atomic mass is 10.0. The Morgan fingerprint density at radius 2 is 1.89 bits per heavy atom. The standard InChI is InChI=1S/C19H29N3O4S/c1-5-21(6-2)27(25,26)18-13-16(11-10-14(18)3)20-19(24)17-9-7-8-12-22(17)15(4)23/h10-11,13,17H,5-9,12H2,1-4H3,(H,20,24). The quantitative estimate of drug-likeness (QED) is 0.801. The molecule has 1 aliphatic rings. The number of amides is 2. The molecule has 1 aliphatic heterocycles. The number of benzene rings is 1. The van der Waals surface area contributed by atoms with E-state index in [9.17, 15) is 18.0 Å². The summed E-state index contributed by atoms with van der Waals surface area (Å²) < 4.78 is 27.1. The van der Waals surface area contributed by atoms with Gasteiger partial charge in [-0.1, -0.05) is 19.9 Å². The zero-order chi connectivity index (χ0) is 20.2. The summed E-state index contributed by atoms with van der Waals surface area (Å²) in [6, 6.07) is 4.37. The molecule has 150 valence electrons. The smallest absolute Gasteiger partial charge is 0.247 e. The zero-order valence-electron chi connectivity index (χ0n) is 16.5. The van der Waals surface area contributed by atoms with Crippen LogP contribution in [0.5, 0.6) is 0 Å². The second kappa shape index (κ2) is 8.84. The Morgan fingerprint density at radius 3 is 2.48 bits per heavy atom. The minimum atomic E-state index is -3.62. The molecular formula is C19H29N3O4S. The Morgan fingerprint density at radius 1 is 1.22 bits per heavy atom. The number of carbonyl (C=O) groups excluding carboxylic acids is 2. The van der Waals surface area contributed by atoms with Crippen molar-refractivity contribution in [2.75, 3.05) is 25.0 Å². The van der Waals surface area contributed by atoms with E-state index in [2.05, 4.69) is 5.32 Å². The summed E-state index contributed by atoms with van der Waals surface area (Å²) in [7, 11) is -3.62. The Hall–Kier alpha value is -1.93. The summed E-state index contributed by atoms with van der Waals surface area (Å²) in [5.41, 5.74) is 1.05. The average Bonchev–Trinajstić information content (AvgIpc) is 2.63. The van der Waals surface area contributed by atoms with Crippen molar-refractivity contribution < 1.29 is 18.0 Å². The van der Waals surface area contributed by atoms with Crippen molar-refractivity contribution in [2.45, 2.75) is 57.9 Å². The number of aryl methyl sites for hydroxylation is 1. The molecule has 0 aromatic heterocycles. The van der Waals surface area contributed by atoms with E-state index in [1.165, 1.54) is 17.3 Å². The molecule has 1 aromatic rings. The molecule has 1 N–H and O–H groups in total. The highest BCUT2D eigenvalue weighted by Crippen LogP contribution is 2.25. The van der Waals surface area contributed by atoms with Gasteiger partial charge >= 0.3 is 0 Å². The van der Waals surface area contributed by atoms with Gasteiger partial charge in [0.2, 0.25) is 21.8 Å². The fourth-order valence-corrected chi connectivity index (χ4v) is 5.17. The number of anilines is 1. The SMILES string of the molecule is CCN(CC)S(=O)(=O)c1cc(NC(=O)C2CCCCN2C(C)=O)ccc1C. The first-order valence-corrected chi connectivity index (χ1v) is 10.8. The van der Waals surface area contributed by atoms with Gasteiger partial charge in [-0.2, -0.15) is 4.31 Å². The summed E-state index contributed by atoms with van der Waals surface area (Å²) in [6.07, 6.45) is 2.39. The Labute approximate surface area is 161 Å². The molecule has 1 heterocycles. The number of rotatable bonds is 6. The topological polar surface area (TPSA) is 86.8 Å². The van der Waals surface area contributed by atoms with Gasteiger partial charge in [-0.15, -0.1) is 0 Å². The van der Waals surface area contributed by atoms with E-state index in [0.29, 0.717) is 37.3 Å². The number of hydrogen-bond acceptors (Lipinski definition) is 4. The van der Waals surface area contributed by atoms with Crippen LogP contribution in [0.25, 0.3) is 0 Å². The number of nitrogens with one attached hydrogen (secondary N) is 1. The van der Waals surface area contributed by atoms with Crippen LogP contribution in [0.4, 0.5) is 5.69 Å². The molecule has 0 aliphatic carbocycles. The number of hydrogen-bond donors (Lipinski definition) is 1. The number of carbonyl (C=O) groups is 2. The van der Waals surface area contributed by atoms with Crippen molar-refractivity contribution in [1.29, 1.82) is 0 Å². The van der Waals surface area contributed by atoms with Gasteiger partial charge in [0, 0.05) is 32.2 Å². The van der Waals surface area contributed by atoms with Gasteiger partial charge < -0.3 is 10.2 Å². The molecule has 2 rings (SSSR count). The second-order valence-corrected chi connectivity index (χ2v) is 8.69. The molecule has 0 radical (unpaired) electrons. The van der Waals surface area contributed by atoms with E-state index >= 15 is 0 Å². The van der Waals surface area contributed by atoms with Gasteiger partial charge in [0.25, 0.3) is 0 Å². The summed E-state index contributed by atoms with van der Waals surface area (Å²) >= 11 is 0. The molecule has 27 heavy (non-hydrogen) atoms. The number of nitrogens with zero attached hydrogens (tertiary/aromatic N) is 2. The molecule has 1 saturated heterocycles. The fourth-order valence-electron chi connectivity index (χ4n) is 3.46. The van der Waals surface area contributed by atoms with E-state index < -0.39 is 16.1 Å². The molecule has 0 spiro atoms. The Balaban J connectivity index is 2.28. The normalized spacial score (nSPS) is 17.8. The first-order chi connectivity index (χ1) is 12.7. The van der Waals surface area contributed by atoms with E-state index in [1.54, 1.807) is 37.8 Å². The lowest BCUT2D eigenvalue weighted by Crippen LogP contribution is -2.49. The van der Waals surface area contributed by atoms with Crippen molar-refractivity contribution in [2.24, 2.45) is 0 Å². The third kappa shape index (κ3) is 4.68. The van der Waals surface area contributed by atoms with Crippen LogP contribution < -0.4 is 5.32 Å². The molecule has 0 saturated carbocycles. The molecule has 1 atom stereocenters. The molecular weight excluding hydrogens is 366 g/mol. The van der Waals surface area contributed by atoms with Crippen LogP contribution in [0.1, 0.15) is 45.6 Å². The average molecular weight is 396 g/mol. The number of likely N-dealkylation sites (tertiary alicyclic amines) is 1. The highest BCUT2D eigenvalue weighted by molar-refractivity contribution is 7.89. The molecule has 7 nitrogen and oxygen atoms in total. The minimum absolute atomic E-state index is 0.122. The predicted octanol–water partition coefficient (Wildman–Crippen LogP) is 2.37. The van der Waals surface area contributed by atoms with Crippen LogP contribution in [0.2, 0.25) is 0 Å². The van der Waals surface area contributed by atoms with Crippen molar-refractivity contribution in [3.63, 3.8) is 0 Å². The van der Waals surface area contributed by atoms with Gasteiger partial charge in [-0.3, -0.25) is 9.59 Å². The van der Waals surface area contributed by atoms with Crippen LogP contribution in [-0.4, -0.2) is 55.1 Å². The summed E-state index contributed by atoms with van der Waals surface area (Å²) in [4.78, 5) is 26.3. The van der Waals surface area contributed by atoms with Crippen LogP contribution >= 0.6 is 0 Å². The Bertz CT molecular complexity index is 803. The monoisotopic (exact) mass is 395 g/mol. The number of sulfonamides is 1. The molecule has 1 fully saturated rings. The molecule has 8 heteroatoms. The maximum absolute atomic E-state index is 12.9. The van der Waals surface area contributed by atoms with Gasteiger partial charge in [0.05, 0.1) is 4.90 Å². The van der Waals surface area contributed by atoms with Crippen LogP contribution in [0, 0.1) is 6.92 Å². The van der Waals surface area contributed by atoms with Crippen molar-refractivity contribution in [3.8, 4) is 0 Å². The Kier molecular flexibility index (Phi) is 7.00. The predicted molar refractivity (Wildman–Crippen MR) is 105 cm³/mol. The maximum atomic E-state index is 12.9. The molecule has 0 bridgehead atoms. The third-order valence-electron chi connectivity index (χ3n) is 4.99. The van der Waals surface area contributed by atoms with E-state index in [4.69, 9.17) is 0 Å². The fraction of sp³-hybridized carbons (Fsp3) is 0.579. The highest BCUT2D eigenvalue weighted by atomic mass is 32.2. The molecule has 1 aromatic carbocycles. The van der Waals surface area contributed by atoms with Crippen LogP contribution in [-0.2, 0) is 19.6 Å². The first kappa shape index (κ1) is 21.4. The summed E-state index contributed by atoms with van der Waals surface area (Å²) in [5, 5.41) is 2.80. The van der Waals surface area contributed by atoms with E-state index in [-0.39, 0.29) is 16.7 Å². The number of piperidine rings is 1. The van der Waals surface area contributed by atoms with Gasteiger partial charge in [-0.05, 0) is 43.9 Å². The largest absolute Gasteiger partial charge is 0.331 e. The van der Waals surface area contributed by atoms with Crippen molar-refractivity contribution in [1.82, 2.24) is 9.21 Å². The minimum Gasteiger partial charge on any atom is -0.331 e. The zero-order valence-corrected chi connectivity index (χ0v) is 17.3. The lowest BCUT2D eigenvalue weighted by molar-refractivity contribution is -0.138. The van der Waals surface area contributed by atoms with Crippen molar-refractivity contribution in [3.05, 3.63) is 23.8 Å². The third-order valence-corrected chi connectivity index (χ3v) is 7.18. The van der Waals surface area contributed by atoms with Crippen molar-refractivity contribution >= 4 is 27.5 Å². The van der Waals surface area contributed by atoms with Gasteiger partial charge in [-0.25, -0.2) is 8.42 Å². The summed E-state index contributed by atoms with van der Waals surface area (Å²) in [6.45, 7) is 8.12. The lowest BCUT2D eigenvalue weighted by Gasteiger charge is -2.34. The van der Waals surface area contributed by atoms with Gasteiger partial charge in [0.15, 0.2) is 0 Å². The molecule has 2 amide bonds. The van der Waals surface area contributed by atoms with Crippen LogP contribution in [0.3, 0.4) is 0 Å². The highest BCUT2D eigenvalue weighted by Gasteiger charge is 2.31. The van der Waals surface area contributed by atoms with Crippen LogP contribution in [0.15, 0.2) is 23.1 Å². The second-order valence-electron chi connectivity index (χ2n) is 6.78. The molecule has 1 unspecified atom stereocenters. The van der Waals surface area contributed by atoms with E-state index in [1.807, 2.05) is 0 Å². The first-order valence-electron chi connectivity index (χ1n) is 9.41. The maximum Gasteiger partial charge on any atom is 0.247 e. The van der Waals surface area contributed by atoms with Gasteiger partial charge in [0.1, 0.15) is 6.04 Å². The van der Waals surface area contributed by atoms with E-state index in [0.717, 1.165) is 12.8 Å². The summed E-state index contributed by atoms with van der Waals surface area (Å²) in [5.74, 6) is -0.400.